The fourth-order valence-electron chi connectivity index (χ4n) is 2.35. The van der Waals surface area contributed by atoms with Crippen molar-refractivity contribution in [2.45, 2.75) is 24.7 Å². The van der Waals surface area contributed by atoms with Crippen LogP contribution in [0, 0.1) is 0 Å². The number of thioether (sulfide) groups is 1. The van der Waals surface area contributed by atoms with Gasteiger partial charge in [0.25, 0.3) is 0 Å². The fraction of sp³-hybridized carbons (Fsp3) is 0.294. The van der Waals surface area contributed by atoms with Gasteiger partial charge in [0.15, 0.2) is 0 Å². The Morgan fingerprint density at radius 1 is 1.28 bits per heavy atom. The van der Waals surface area contributed by atoms with Crippen LogP contribution < -0.4 is 0 Å². The molecule has 2 heterocycles. The summed E-state index contributed by atoms with van der Waals surface area (Å²) in [5.74, 6) is 1.05. The highest BCUT2D eigenvalue weighted by molar-refractivity contribution is 7.99. The van der Waals surface area contributed by atoms with Gasteiger partial charge in [0, 0.05) is 7.05 Å². The molecule has 1 aromatic carbocycles. The van der Waals surface area contributed by atoms with Gasteiger partial charge >= 0.3 is 0 Å². The number of amides is 1. The van der Waals surface area contributed by atoms with Crippen molar-refractivity contribution >= 4 is 17.7 Å². The van der Waals surface area contributed by atoms with Crippen LogP contribution >= 0.6 is 11.8 Å². The van der Waals surface area contributed by atoms with Gasteiger partial charge in [0.05, 0.1) is 18.1 Å². The molecule has 0 N–H and O–H groups in total. The number of aromatic nitrogens is 4. The van der Waals surface area contributed by atoms with E-state index in [2.05, 4.69) is 15.5 Å². The molecule has 1 unspecified atom stereocenters. The molecule has 0 saturated carbocycles. The Morgan fingerprint density at radius 3 is 2.80 bits per heavy atom. The van der Waals surface area contributed by atoms with Gasteiger partial charge in [0.2, 0.25) is 11.1 Å². The SMILES string of the molecule is CC(c1ccccc1)N(C)C(=O)CSc1nnnn1Cc1ccco1. The lowest BCUT2D eigenvalue weighted by atomic mass is 10.1. The van der Waals surface area contributed by atoms with Crippen molar-refractivity contribution < 1.29 is 9.21 Å². The summed E-state index contributed by atoms with van der Waals surface area (Å²) in [6.07, 6.45) is 1.61. The van der Waals surface area contributed by atoms with Gasteiger partial charge in [-0.1, -0.05) is 42.1 Å². The molecule has 3 rings (SSSR count). The maximum absolute atomic E-state index is 12.5. The molecule has 0 aliphatic heterocycles. The van der Waals surface area contributed by atoms with Crippen molar-refractivity contribution in [3.8, 4) is 0 Å². The van der Waals surface area contributed by atoms with E-state index in [4.69, 9.17) is 4.42 Å². The minimum Gasteiger partial charge on any atom is -0.467 e. The topological polar surface area (TPSA) is 77.1 Å². The van der Waals surface area contributed by atoms with Gasteiger partial charge in [0.1, 0.15) is 12.3 Å². The first-order valence-corrected chi connectivity index (χ1v) is 8.85. The summed E-state index contributed by atoms with van der Waals surface area (Å²) in [6.45, 7) is 2.45. The third-order valence-electron chi connectivity index (χ3n) is 3.97. The molecule has 0 fully saturated rings. The monoisotopic (exact) mass is 357 g/mol. The zero-order chi connectivity index (χ0) is 17.6. The van der Waals surface area contributed by atoms with Crippen LogP contribution in [-0.4, -0.2) is 43.8 Å². The number of tetrazole rings is 1. The molecular formula is C17H19N5O2S. The highest BCUT2D eigenvalue weighted by Gasteiger charge is 2.19. The summed E-state index contributed by atoms with van der Waals surface area (Å²) in [7, 11) is 1.81. The quantitative estimate of drug-likeness (QED) is 0.605. The van der Waals surface area contributed by atoms with E-state index in [1.54, 1.807) is 15.8 Å². The maximum Gasteiger partial charge on any atom is 0.233 e. The summed E-state index contributed by atoms with van der Waals surface area (Å²) in [4.78, 5) is 14.2. The number of hydrogen-bond donors (Lipinski definition) is 0. The lowest BCUT2D eigenvalue weighted by Gasteiger charge is -2.25. The first-order valence-electron chi connectivity index (χ1n) is 7.87. The molecule has 8 heteroatoms. The Kier molecular flexibility index (Phi) is 5.49. The second-order valence-electron chi connectivity index (χ2n) is 5.58. The number of nitrogens with zero attached hydrogens (tertiary/aromatic N) is 5. The smallest absolute Gasteiger partial charge is 0.233 e. The fourth-order valence-corrected chi connectivity index (χ4v) is 3.15. The van der Waals surface area contributed by atoms with Crippen LogP contribution in [0.3, 0.4) is 0 Å². The minimum absolute atomic E-state index is 0.00779. The third-order valence-corrected chi connectivity index (χ3v) is 4.91. The Bertz CT molecular complexity index is 804. The standard InChI is InChI=1S/C17H19N5O2S/c1-13(14-7-4-3-5-8-14)21(2)16(23)12-25-17-18-19-20-22(17)11-15-9-6-10-24-15/h3-10,13H,11-12H2,1-2H3. The number of rotatable bonds is 7. The highest BCUT2D eigenvalue weighted by atomic mass is 32.2. The highest BCUT2D eigenvalue weighted by Crippen LogP contribution is 2.21. The molecule has 0 radical (unpaired) electrons. The zero-order valence-electron chi connectivity index (χ0n) is 14.1. The largest absolute Gasteiger partial charge is 0.467 e. The molecule has 0 aliphatic carbocycles. The molecule has 0 saturated heterocycles. The number of carbonyl (C=O) groups is 1. The van der Waals surface area contributed by atoms with E-state index in [1.807, 2.05) is 56.4 Å². The van der Waals surface area contributed by atoms with Crippen molar-refractivity contribution in [3.63, 3.8) is 0 Å². The van der Waals surface area contributed by atoms with Gasteiger partial charge in [-0.05, 0) is 35.0 Å². The second-order valence-corrected chi connectivity index (χ2v) is 6.52. The Balaban J connectivity index is 1.58. The van der Waals surface area contributed by atoms with Gasteiger partial charge in [-0.3, -0.25) is 4.79 Å². The molecule has 0 bridgehead atoms. The third kappa shape index (κ3) is 4.27. The Morgan fingerprint density at radius 2 is 2.08 bits per heavy atom. The van der Waals surface area contributed by atoms with Gasteiger partial charge in [-0.2, -0.15) is 0 Å². The van der Waals surface area contributed by atoms with E-state index >= 15 is 0 Å². The lowest BCUT2D eigenvalue weighted by molar-refractivity contribution is -0.128. The summed E-state index contributed by atoms with van der Waals surface area (Å²) in [5, 5.41) is 12.2. The van der Waals surface area contributed by atoms with Crippen LogP contribution in [0.15, 0.2) is 58.3 Å². The molecule has 0 aliphatic rings. The first kappa shape index (κ1) is 17.2. The zero-order valence-corrected chi connectivity index (χ0v) is 14.9. The minimum atomic E-state index is 0.00779. The van der Waals surface area contributed by atoms with E-state index in [9.17, 15) is 4.79 Å². The summed E-state index contributed by atoms with van der Waals surface area (Å²) >= 11 is 1.32. The van der Waals surface area contributed by atoms with Gasteiger partial charge in [-0.25, -0.2) is 4.68 Å². The van der Waals surface area contributed by atoms with Crippen molar-refractivity contribution in [2.24, 2.45) is 0 Å². The molecule has 1 amide bonds. The molecule has 1 atom stereocenters. The molecule has 0 spiro atoms. The average Bonchev–Trinajstić information content (AvgIpc) is 3.31. The lowest BCUT2D eigenvalue weighted by Crippen LogP contribution is -2.31. The van der Waals surface area contributed by atoms with Crippen molar-refractivity contribution in [3.05, 3.63) is 60.1 Å². The summed E-state index contributed by atoms with van der Waals surface area (Å²) < 4.78 is 6.93. The second kappa shape index (κ2) is 7.98. The first-order chi connectivity index (χ1) is 12.1. The molecule has 3 aromatic rings. The van der Waals surface area contributed by atoms with E-state index < -0.39 is 0 Å². The van der Waals surface area contributed by atoms with E-state index in [-0.39, 0.29) is 17.7 Å². The van der Waals surface area contributed by atoms with E-state index in [0.29, 0.717) is 11.7 Å². The van der Waals surface area contributed by atoms with Crippen molar-refractivity contribution in [1.29, 1.82) is 0 Å². The molecular weight excluding hydrogens is 338 g/mol. The van der Waals surface area contributed by atoms with Gasteiger partial charge < -0.3 is 9.32 Å². The normalized spacial score (nSPS) is 12.1. The predicted octanol–water partition coefficient (Wildman–Crippen LogP) is 2.63. The van der Waals surface area contributed by atoms with E-state index in [0.717, 1.165) is 11.3 Å². The maximum atomic E-state index is 12.5. The molecule has 130 valence electrons. The summed E-state index contributed by atoms with van der Waals surface area (Å²) in [5.41, 5.74) is 1.10. The average molecular weight is 357 g/mol. The van der Waals surface area contributed by atoms with Crippen LogP contribution in [0.5, 0.6) is 0 Å². The number of hydrogen-bond acceptors (Lipinski definition) is 6. The van der Waals surface area contributed by atoms with Crippen LogP contribution in [0.2, 0.25) is 0 Å². The molecule has 25 heavy (non-hydrogen) atoms. The molecule has 2 aromatic heterocycles. The van der Waals surface area contributed by atoms with Crippen LogP contribution in [0.4, 0.5) is 0 Å². The van der Waals surface area contributed by atoms with Gasteiger partial charge in [-0.15, -0.1) is 5.10 Å². The van der Waals surface area contributed by atoms with Crippen molar-refractivity contribution in [1.82, 2.24) is 25.1 Å². The van der Waals surface area contributed by atoms with Crippen LogP contribution in [0.1, 0.15) is 24.3 Å². The van der Waals surface area contributed by atoms with Crippen LogP contribution in [0.25, 0.3) is 0 Å². The summed E-state index contributed by atoms with van der Waals surface area (Å²) in [6, 6.07) is 13.6. The van der Waals surface area contributed by atoms with E-state index in [1.165, 1.54) is 11.8 Å². The Hall–Kier alpha value is -2.61. The number of furan rings is 1. The molecule has 7 nitrogen and oxygen atoms in total. The van der Waals surface area contributed by atoms with Crippen molar-refractivity contribution in [2.75, 3.05) is 12.8 Å². The number of benzene rings is 1. The Labute approximate surface area is 150 Å². The van der Waals surface area contributed by atoms with Crippen LogP contribution in [-0.2, 0) is 11.3 Å². The number of carbonyl (C=O) groups excluding carboxylic acids is 1. The predicted molar refractivity (Wildman–Crippen MR) is 94.0 cm³/mol.